The van der Waals surface area contributed by atoms with Gasteiger partial charge < -0.3 is 10.6 Å². The molecule has 1 amide bonds. The first kappa shape index (κ1) is 14.0. The van der Waals surface area contributed by atoms with Gasteiger partial charge >= 0.3 is 0 Å². The van der Waals surface area contributed by atoms with Crippen molar-refractivity contribution in [1.29, 1.82) is 0 Å². The van der Waals surface area contributed by atoms with E-state index < -0.39 is 6.04 Å². The molecule has 2 N–H and O–H groups in total. The Hall–Kier alpha value is -1.06. The Kier molecular flexibility index (Phi) is 4.54. The highest BCUT2D eigenvalue weighted by atomic mass is 35.5. The summed E-state index contributed by atoms with van der Waals surface area (Å²) >= 11 is 0. The summed E-state index contributed by atoms with van der Waals surface area (Å²) in [5.41, 5.74) is 8.27. The molecule has 1 aromatic carbocycles. The lowest BCUT2D eigenvalue weighted by atomic mass is 10.1. The second kappa shape index (κ2) is 5.52. The summed E-state index contributed by atoms with van der Waals surface area (Å²) in [6, 6.07) is 8.11. The number of carbonyl (C=O) groups excluding carboxylic acids is 1. The van der Waals surface area contributed by atoms with Crippen LogP contribution in [-0.2, 0) is 11.2 Å². The SMILES string of the molecule is C[C@H](N)C(=O)N(C)C1CCc2ccccc21.Cl. The van der Waals surface area contributed by atoms with Crippen LogP contribution in [0.4, 0.5) is 0 Å². The molecule has 17 heavy (non-hydrogen) atoms. The molecule has 0 saturated carbocycles. The minimum absolute atomic E-state index is 0. The molecule has 0 aromatic heterocycles. The smallest absolute Gasteiger partial charge is 0.239 e. The van der Waals surface area contributed by atoms with Gasteiger partial charge in [-0.25, -0.2) is 0 Å². The largest absolute Gasteiger partial charge is 0.337 e. The highest BCUT2D eigenvalue weighted by molar-refractivity contribution is 5.85. The van der Waals surface area contributed by atoms with Gasteiger partial charge in [-0.05, 0) is 30.9 Å². The van der Waals surface area contributed by atoms with E-state index in [0.717, 1.165) is 12.8 Å². The highest BCUT2D eigenvalue weighted by Gasteiger charge is 2.29. The van der Waals surface area contributed by atoms with Gasteiger partial charge in [-0.3, -0.25) is 4.79 Å². The van der Waals surface area contributed by atoms with Crippen LogP contribution in [0.25, 0.3) is 0 Å². The van der Waals surface area contributed by atoms with Gasteiger partial charge in [0.25, 0.3) is 0 Å². The molecule has 0 spiro atoms. The lowest BCUT2D eigenvalue weighted by Crippen LogP contribution is -2.41. The number of likely N-dealkylation sites (N-methyl/N-ethyl adjacent to an activating group) is 1. The van der Waals surface area contributed by atoms with E-state index in [2.05, 4.69) is 18.2 Å². The van der Waals surface area contributed by atoms with E-state index in [1.807, 2.05) is 13.1 Å². The van der Waals surface area contributed by atoms with Gasteiger partial charge in [0.15, 0.2) is 0 Å². The number of hydrogen-bond acceptors (Lipinski definition) is 2. The molecular formula is C13H19ClN2O. The first-order valence-corrected chi connectivity index (χ1v) is 5.71. The van der Waals surface area contributed by atoms with Crippen LogP contribution in [0.5, 0.6) is 0 Å². The van der Waals surface area contributed by atoms with E-state index in [1.54, 1.807) is 11.8 Å². The standard InChI is InChI=1S/C13H18N2O.ClH/c1-9(14)13(16)15(2)12-8-7-10-5-3-4-6-11(10)12;/h3-6,9,12H,7-8,14H2,1-2H3;1H/t9-,12?;/m0./s1. The Morgan fingerprint density at radius 1 is 1.47 bits per heavy atom. The third kappa shape index (κ3) is 2.61. The van der Waals surface area contributed by atoms with E-state index >= 15 is 0 Å². The highest BCUT2D eigenvalue weighted by Crippen LogP contribution is 2.34. The second-order valence-corrected chi connectivity index (χ2v) is 4.49. The molecule has 1 aromatic rings. The van der Waals surface area contributed by atoms with Crippen molar-refractivity contribution in [3.8, 4) is 0 Å². The Balaban J connectivity index is 0.00000144. The van der Waals surface area contributed by atoms with E-state index in [4.69, 9.17) is 5.73 Å². The van der Waals surface area contributed by atoms with E-state index in [-0.39, 0.29) is 24.4 Å². The van der Waals surface area contributed by atoms with Gasteiger partial charge in [-0.1, -0.05) is 24.3 Å². The molecule has 0 fully saturated rings. The predicted molar refractivity (Wildman–Crippen MR) is 71.2 cm³/mol. The molecule has 0 bridgehead atoms. The zero-order valence-electron chi connectivity index (χ0n) is 10.2. The van der Waals surface area contributed by atoms with Crippen LogP contribution in [0, 0.1) is 0 Å². The van der Waals surface area contributed by atoms with Crippen molar-refractivity contribution in [3.63, 3.8) is 0 Å². The fraction of sp³-hybridized carbons (Fsp3) is 0.462. The summed E-state index contributed by atoms with van der Waals surface area (Å²) in [6.07, 6.45) is 2.06. The van der Waals surface area contributed by atoms with Crippen LogP contribution in [0.3, 0.4) is 0 Å². The van der Waals surface area contributed by atoms with E-state index in [0.29, 0.717) is 0 Å². The van der Waals surface area contributed by atoms with Gasteiger partial charge in [-0.2, -0.15) is 0 Å². The van der Waals surface area contributed by atoms with Crippen LogP contribution in [0.1, 0.15) is 30.5 Å². The third-order valence-corrected chi connectivity index (χ3v) is 3.31. The molecule has 3 nitrogen and oxygen atoms in total. The van der Waals surface area contributed by atoms with Crippen LogP contribution in [0.15, 0.2) is 24.3 Å². The molecule has 2 rings (SSSR count). The monoisotopic (exact) mass is 254 g/mol. The number of hydrogen-bond donors (Lipinski definition) is 1. The molecule has 1 unspecified atom stereocenters. The van der Waals surface area contributed by atoms with Crippen LogP contribution < -0.4 is 5.73 Å². The van der Waals surface area contributed by atoms with Gasteiger partial charge in [0.2, 0.25) is 5.91 Å². The minimum Gasteiger partial charge on any atom is -0.337 e. The van der Waals surface area contributed by atoms with Crippen molar-refractivity contribution >= 4 is 18.3 Å². The fourth-order valence-corrected chi connectivity index (χ4v) is 2.41. The predicted octanol–water partition coefficient (Wildman–Crippen LogP) is 1.90. The number of nitrogens with zero attached hydrogens (tertiary/aromatic N) is 1. The Morgan fingerprint density at radius 3 is 2.76 bits per heavy atom. The molecule has 0 heterocycles. The maximum Gasteiger partial charge on any atom is 0.239 e. The molecule has 94 valence electrons. The molecule has 0 saturated heterocycles. The molecular weight excluding hydrogens is 236 g/mol. The summed E-state index contributed by atoms with van der Waals surface area (Å²) in [5.74, 6) is 0.0155. The maximum atomic E-state index is 11.8. The van der Waals surface area contributed by atoms with Crippen LogP contribution >= 0.6 is 12.4 Å². The van der Waals surface area contributed by atoms with Crippen LogP contribution in [-0.4, -0.2) is 23.9 Å². The third-order valence-electron chi connectivity index (χ3n) is 3.31. The molecule has 4 heteroatoms. The zero-order chi connectivity index (χ0) is 11.7. The van der Waals surface area contributed by atoms with Gasteiger partial charge in [-0.15, -0.1) is 12.4 Å². The summed E-state index contributed by atoms with van der Waals surface area (Å²) in [7, 11) is 1.85. The lowest BCUT2D eigenvalue weighted by Gasteiger charge is -2.27. The molecule has 0 radical (unpaired) electrons. The number of carbonyl (C=O) groups is 1. The Morgan fingerprint density at radius 2 is 2.12 bits per heavy atom. The Labute approximate surface area is 108 Å². The van der Waals surface area contributed by atoms with Gasteiger partial charge in [0.1, 0.15) is 0 Å². The number of fused-ring (bicyclic) bond motifs is 1. The second-order valence-electron chi connectivity index (χ2n) is 4.49. The van der Waals surface area contributed by atoms with Crippen molar-refractivity contribution in [2.24, 2.45) is 5.73 Å². The first-order chi connectivity index (χ1) is 7.61. The fourth-order valence-electron chi connectivity index (χ4n) is 2.41. The summed E-state index contributed by atoms with van der Waals surface area (Å²) in [6.45, 7) is 1.74. The number of benzene rings is 1. The van der Waals surface area contributed by atoms with Crippen molar-refractivity contribution < 1.29 is 4.79 Å². The number of nitrogens with two attached hydrogens (primary N) is 1. The van der Waals surface area contributed by atoms with Crippen molar-refractivity contribution in [3.05, 3.63) is 35.4 Å². The molecule has 2 atom stereocenters. The topological polar surface area (TPSA) is 46.3 Å². The van der Waals surface area contributed by atoms with Crippen LogP contribution in [0.2, 0.25) is 0 Å². The first-order valence-electron chi connectivity index (χ1n) is 5.71. The average molecular weight is 255 g/mol. The maximum absolute atomic E-state index is 11.8. The number of aryl methyl sites for hydroxylation is 1. The van der Waals surface area contributed by atoms with Gasteiger partial charge in [0, 0.05) is 7.05 Å². The molecule has 1 aliphatic carbocycles. The summed E-state index contributed by atoms with van der Waals surface area (Å²) in [4.78, 5) is 13.6. The summed E-state index contributed by atoms with van der Waals surface area (Å²) < 4.78 is 0. The molecule has 1 aliphatic rings. The minimum atomic E-state index is -0.419. The quantitative estimate of drug-likeness (QED) is 0.876. The summed E-state index contributed by atoms with van der Waals surface area (Å²) in [5, 5.41) is 0. The number of halogens is 1. The molecule has 0 aliphatic heterocycles. The van der Waals surface area contributed by atoms with E-state index in [1.165, 1.54) is 11.1 Å². The van der Waals surface area contributed by atoms with Crippen molar-refractivity contribution in [2.75, 3.05) is 7.05 Å². The Bertz CT molecular complexity index is 406. The lowest BCUT2D eigenvalue weighted by molar-refractivity contribution is -0.133. The number of amides is 1. The van der Waals surface area contributed by atoms with E-state index in [9.17, 15) is 4.79 Å². The normalized spacial score (nSPS) is 19.1. The van der Waals surface area contributed by atoms with Crippen molar-refractivity contribution in [2.45, 2.75) is 31.8 Å². The van der Waals surface area contributed by atoms with Crippen molar-refractivity contribution in [1.82, 2.24) is 4.90 Å². The number of rotatable bonds is 2. The zero-order valence-corrected chi connectivity index (χ0v) is 11.0. The van der Waals surface area contributed by atoms with Gasteiger partial charge in [0.05, 0.1) is 12.1 Å². The average Bonchev–Trinajstić information content (AvgIpc) is 2.70.